The average molecular weight is 209 g/mol. The third-order valence-electron chi connectivity index (χ3n) is 3.21. The quantitative estimate of drug-likeness (QED) is 0.776. The van der Waals surface area contributed by atoms with Crippen molar-refractivity contribution < 1.29 is 4.79 Å². The fraction of sp³-hybridized carbons (Fsp3) is 0.769. The Kier molecular flexibility index (Phi) is 4.52. The molecule has 0 saturated carbocycles. The zero-order chi connectivity index (χ0) is 11.3. The van der Waals surface area contributed by atoms with Crippen molar-refractivity contribution in [3.05, 3.63) is 11.6 Å². The summed E-state index contributed by atoms with van der Waals surface area (Å²) in [4.78, 5) is 12.2. The molecule has 0 aromatic heterocycles. The van der Waals surface area contributed by atoms with Crippen LogP contribution >= 0.6 is 0 Å². The molecule has 0 amide bonds. The minimum Gasteiger partial charge on any atom is -0.329 e. The van der Waals surface area contributed by atoms with E-state index in [1.807, 2.05) is 13.8 Å². The van der Waals surface area contributed by atoms with Crippen molar-refractivity contribution in [1.82, 2.24) is 0 Å². The first-order valence-corrected chi connectivity index (χ1v) is 6.02. The summed E-state index contributed by atoms with van der Waals surface area (Å²) in [6.45, 7) is 4.31. The average Bonchev–Trinajstić information content (AvgIpc) is 2.16. The van der Waals surface area contributed by atoms with Gasteiger partial charge in [0.2, 0.25) is 0 Å². The maximum absolute atomic E-state index is 12.2. The number of allylic oxidation sites excluding steroid dienone is 2. The molecule has 1 aliphatic carbocycles. The normalized spacial score (nSPS) is 19.0. The highest BCUT2D eigenvalue weighted by atomic mass is 16.1. The molecule has 2 N–H and O–H groups in total. The maximum Gasteiger partial charge on any atom is 0.165 e. The van der Waals surface area contributed by atoms with Crippen LogP contribution in [0.1, 0.15) is 52.4 Å². The molecule has 0 aromatic rings. The Morgan fingerprint density at radius 3 is 2.67 bits per heavy atom. The topological polar surface area (TPSA) is 43.1 Å². The molecule has 15 heavy (non-hydrogen) atoms. The molecule has 1 aliphatic rings. The predicted molar refractivity (Wildman–Crippen MR) is 63.6 cm³/mol. The molecular weight excluding hydrogens is 186 g/mol. The van der Waals surface area contributed by atoms with Crippen LogP contribution in [0.25, 0.3) is 0 Å². The van der Waals surface area contributed by atoms with Crippen molar-refractivity contribution >= 4 is 5.78 Å². The first-order chi connectivity index (χ1) is 7.08. The number of carbonyl (C=O) groups excluding carboxylic acids is 1. The summed E-state index contributed by atoms with van der Waals surface area (Å²) in [5.74, 6) is 0.256. The second-order valence-electron chi connectivity index (χ2n) is 5.10. The molecule has 0 radical (unpaired) electrons. The molecule has 2 nitrogen and oxygen atoms in total. The SMILES string of the molecule is CC(C)(CN)C(=O)C1=CCCCCCC1. The number of Topliss-reactive ketones (excluding diaryl/α,β-unsaturated/α-hetero) is 1. The smallest absolute Gasteiger partial charge is 0.165 e. The fourth-order valence-corrected chi connectivity index (χ4v) is 1.93. The largest absolute Gasteiger partial charge is 0.329 e. The van der Waals surface area contributed by atoms with Crippen molar-refractivity contribution in [1.29, 1.82) is 0 Å². The maximum atomic E-state index is 12.2. The van der Waals surface area contributed by atoms with Crippen LogP contribution in [0.15, 0.2) is 11.6 Å². The van der Waals surface area contributed by atoms with Gasteiger partial charge in [0.05, 0.1) is 0 Å². The highest BCUT2D eigenvalue weighted by molar-refractivity contribution is 5.99. The van der Waals surface area contributed by atoms with Crippen LogP contribution in [-0.4, -0.2) is 12.3 Å². The van der Waals surface area contributed by atoms with Crippen molar-refractivity contribution in [2.45, 2.75) is 52.4 Å². The van der Waals surface area contributed by atoms with Gasteiger partial charge in [-0.05, 0) is 31.3 Å². The van der Waals surface area contributed by atoms with E-state index < -0.39 is 0 Å². The predicted octanol–water partition coefficient (Wildman–Crippen LogP) is 2.82. The minimum absolute atomic E-state index is 0.256. The van der Waals surface area contributed by atoms with Crippen LogP contribution in [0.3, 0.4) is 0 Å². The van der Waals surface area contributed by atoms with Gasteiger partial charge in [0.15, 0.2) is 5.78 Å². The first-order valence-electron chi connectivity index (χ1n) is 6.02. The second-order valence-corrected chi connectivity index (χ2v) is 5.10. The van der Waals surface area contributed by atoms with Crippen LogP contribution in [0, 0.1) is 5.41 Å². The summed E-state index contributed by atoms with van der Waals surface area (Å²) in [5, 5.41) is 0. The summed E-state index contributed by atoms with van der Waals surface area (Å²) >= 11 is 0. The lowest BCUT2D eigenvalue weighted by Gasteiger charge is -2.23. The lowest BCUT2D eigenvalue weighted by Crippen LogP contribution is -2.33. The van der Waals surface area contributed by atoms with Crippen LogP contribution in [0.5, 0.6) is 0 Å². The van der Waals surface area contributed by atoms with Gasteiger partial charge in [-0.3, -0.25) is 4.79 Å². The van der Waals surface area contributed by atoms with Crippen LogP contribution < -0.4 is 5.73 Å². The van der Waals surface area contributed by atoms with Gasteiger partial charge in [-0.15, -0.1) is 0 Å². The standard InChI is InChI=1S/C13H23NO/c1-13(2,10-14)12(15)11-8-6-4-3-5-7-9-11/h8H,3-7,9-10,14H2,1-2H3. The van der Waals surface area contributed by atoms with Gasteiger partial charge < -0.3 is 5.73 Å². The van der Waals surface area contributed by atoms with Gasteiger partial charge in [-0.1, -0.05) is 32.8 Å². The lowest BCUT2D eigenvalue weighted by atomic mass is 9.81. The number of hydrogen-bond donors (Lipinski definition) is 1. The molecule has 0 aromatic carbocycles. The Morgan fingerprint density at radius 1 is 1.33 bits per heavy atom. The lowest BCUT2D eigenvalue weighted by molar-refractivity contribution is -0.123. The van der Waals surface area contributed by atoms with Gasteiger partial charge >= 0.3 is 0 Å². The number of carbonyl (C=O) groups is 1. The zero-order valence-corrected chi connectivity index (χ0v) is 10.0. The molecule has 0 unspecified atom stereocenters. The highest BCUT2D eigenvalue weighted by Gasteiger charge is 2.28. The first kappa shape index (κ1) is 12.4. The van der Waals surface area contributed by atoms with Gasteiger partial charge in [0.25, 0.3) is 0 Å². The third kappa shape index (κ3) is 3.45. The van der Waals surface area contributed by atoms with Gasteiger partial charge in [0, 0.05) is 12.0 Å². The summed E-state index contributed by atoms with van der Waals surface area (Å²) in [5.41, 5.74) is 6.27. The molecule has 0 atom stereocenters. The number of nitrogens with two attached hydrogens (primary N) is 1. The molecule has 0 spiro atoms. The Labute approximate surface area is 92.9 Å². The molecule has 0 aliphatic heterocycles. The Morgan fingerprint density at radius 2 is 2.00 bits per heavy atom. The monoisotopic (exact) mass is 209 g/mol. The van der Waals surface area contributed by atoms with Gasteiger partial charge in [-0.2, -0.15) is 0 Å². The number of rotatable bonds is 3. The highest BCUT2D eigenvalue weighted by Crippen LogP contribution is 2.25. The fourth-order valence-electron chi connectivity index (χ4n) is 1.93. The van der Waals surface area contributed by atoms with E-state index >= 15 is 0 Å². The van der Waals surface area contributed by atoms with E-state index in [2.05, 4.69) is 6.08 Å². The van der Waals surface area contributed by atoms with Crippen LogP contribution in [0.2, 0.25) is 0 Å². The number of ketones is 1. The molecule has 0 heterocycles. The van der Waals surface area contributed by atoms with Crippen molar-refractivity contribution in [3.8, 4) is 0 Å². The van der Waals surface area contributed by atoms with E-state index in [4.69, 9.17) is 5.73 Å². The summed E-state index contributed by atoms with van der Waals surface area (Å²) < 4.78 is 0. The molecule has 0 fully saturated rings. The summed E-state index contributed by atoms with van der Waals surface area (Å²) in [6.07, 6.45) is 9.08. The van der Waals surface area contributed by atoms with E-state index in [9.17, 15) is 4.79 Å². The van der Waals surface area contributed by atoms with E-state index in [-0.39, 0.29) is 11.2 Å². The van der Waals surface area contributed by atoms with Crippen molar-refractivity contribution in [3.63, 3.8) is 0 Å². The van der Waals surface area contributed by atoms with Crippen molar-refractivity contribution in [2.75, 3.05) is 6.54 Å². The molecule has 0 bridgehead atoms. The molecule has 86 valence electrons. The second kappa shape index (κ2) is 5.45. The summed E-state index contributed by atoms with van der Waals surface area (Å²) in [7, 11) is 0. The van der Waals surface area contributed by atoms with Crippen LogP contribution in [-0.2, 0) is 4.79 Å². The minimum atomic E-state index is -0.384. The van der Waals surface area contributed by atoms with E-state index in [1.165, 1.54) is 19.3 Å². The Hall–Kier alpha value is -0.630. The Bertz CT molecular complexity index is 253. The van der Waals surface area contributed by atoms with E-state index in [0.717, 1.165) is 24.8 Å². The number of hydrogen-bond acceptors (Lipinski definition) is 2. The molecule has 2 heteroatoms. The zero-order valence-electron chi connectivity index (χ0n) is 10.0. The Balaban J connectivity index is 2.72. The molecular formula is C13H23NO. The van der Waals surface area contributed by atoms with E-state index in [1.54, 1.807) is 0 Å². The van der Waals surface area contributed by atoms with Gasteiger partial charge in [0.1, 0.15) is 0 Å². The molecule has 0 saturated heterocycles. The molecule has 1 rings (SSSR count). The van der Waals surface area contributed by atoms with Gasteiger partial charge in [-0.25, -0.2) is 0 Å². The van der Waals surface area contributed by atoms with Crippen LogP contribution in [0.4, 0.5) is 0 Å². The third-order valence-corrected chi connectivity index (χ3v) is 3.21. The summed E-state index contributed by atoms with van der Waals surface area (Å²) in [6, 6.07) is 0. The van der Waals surface area contributed by atoms with Crippen molar-refractivity contribution in [2.24, 2.45) is 11.1 Å². The van der Waals surface area contributed by atoms with E-state index in [0.29, 0.717) is 6.54 Å².